The molecule has 0 unspecified atom stereocenters. The summed E-state index contributed by atoms with van der Waals surface area (Å²) in [5.74, 6) is 0. The molecule has 3 aliphatic rings. The molecule has 12 rings (SSSR count). The summed E-state index contributed by atoms with van der Waals surface area (Å²) in [6.45, 7) is 0. The minimum absolute atomic E-state index is 0.383. The van der Waals surface area contributed by atoms with E-state index in [9.17, 15) is 0 Å². The van der Waals surface area contributed by atoms with Gasteiger partial charge in [-0.15, -0.1) is 0 Å². The van der Waals surface area contributed by atoms with Crippen LogP contribution in [-0.4, -0.2) is 0 Å². The van der Waals surface area contributed by atoms with E-state index in [2.05, 4.69) is 182 Å². The summed E-state index contributed by atoms with van der Waals surface area (Å²) in [6.07, 6.45) is 0. The number of rotatable bonds is 2. The van der Waals surface area contributed by atoms with Gasteiger partial charge in [0, 0.05) is 0 Å². The minimum atomic E-state index is -0.383. The van der Waals surface area contributed by atoms with E-state index < -0.39 is 0 Å². The molecule has 0 N–H and O–H groups in total. The van der Waals surface area contributed by atoms with Gasteiger partial charge in [0.1, 0.15) is 0 Å². The summed E-state index contributed by atoms with van der Waals surface area (Å²) in [5, 5.41) is 5.27. The van der Waals surface area contributed by atoms with E-state index in [4.69, 9.17) is 0 Å². The Morgan fingerprint density at radius 3 is 1.57 bits per heavy atom. The number of hydrogen-bond acceptors (Lipinski definition) is 0. The van der Waals surface area contributed by atoms with E-state index in [1.807, 2.05) is 0 Å². The van der Waals surface area contributed by atoms with E-state index in [1.54, 1.807) is 0 Å². The van der Waals surface area contributed by atoms with Gasteiger partial charge in [-0.2, -0.15) is 0 Å². The van der Waals surface area contributed by atoms with Crippen molar-refractivity contribution in [2.45, 2.75) is 5.41 Å². The third-order valence-corrected chi connectivity index (χ3v) is 12.0. The molecule has 0 nitrogen and oxygen atoms in total. The molecule has 0 heterocycles. The van der Waals surface area contributed by atoms with Gasteiger partial charge < -0.3 is 0 Å². The zero-order valence-electron chi connectivity index (χ0n) is 27.8. The molecule has 0 saturated carbocycles. The van der Waals surface area contributed by atoms with Crippen LogP contribution in [0.1, 0.15) is 22.3 Å². The molecule has 0 bridgehead atoms. The van der Waals surface area contributed by atoms with Crippen LogP contribution in [0.4, 0.5) is 0 Å². The topological polar surface area (TPSA) is 0 Å². The maximum Gasteiger partial charge on any atom is 0.0725 e. The number of benzene rings is 9. The lowest BCUT2D eigenvalue weighted by Gasteiger charge is -2.30. The molecule has 0 saturated heterocycles. The monoisotopic (exact) mass is 642 g/mol. The zero-order valence-corrected chi connectivity index (χ0v) is 27.8. The van der Waals surface area contributed by atoms with Gasteiger partial charge in [0.25, 0.3) is 0 Å². The van der Waals surface area contributed by atoms with Gasteiger partial charge in [0.2, 0.25) is 0 Å². The maximum atomic E-state index is 2.59. The molecule has 0 aliphatic heterocycles. The van der Waals surface area contributed by atoms with Crippen molar-refractivity contribution < 1.29 is 0 Å². The predicted octanol–water partition coefficient (Wildman–Crippen LogP) is 13.3. The molecule has 234 valence electrons. The van der Waals surface area contributed by atoms with E-state index in [-0.39, 0.29) is 5.41 Å². The fraction of sp³-hybridized carbons (Fsp3) is 0.0196. The highest BCUT2D eigenvalue weighted by Crippen LogP contribution is 2.66. The summed E-state index contributed by atoms with van der Waals surface area (Å²) >= 11 is 0. The fourth-order valence-corrected chi connectivity index (χ4v) is 10.1. The predicted molar refractivity (Wildman–Crippen MR) is 213 cm³/mol. The van der Waals surface area contributed by atoms with Gasteiger partial charge >= 0.3 is 0 Å². The van der Waals surface area contributed by atoms with Gasteiger partial charge in [-0.3, -0.25) is 0 Å². The Morgan fingerprint density at radius 1 is 0.275 bits per heavy atom. The molecule has 0 atom stereocenters. The molecule has 0 aromatic heterocycles. The zero-order chi connectivity index (χ0) is 33.3. The van der Waals surface area contributed by atoms with Crippen molar-refractivity contribution in [2.24, 2.45) is 0 Å². The summed E-state index contributed by atoms with van der Waals surface area (Å²) in [7, 11) is 0. The van der Waals surface area contributed by atoms with Crippen LogP contribution in [0.25, 0.3) is 88.3 Å². The SMILES string of the molecule is c1ccc(-c2ccc3cc4c(c(-c5ccccc5)c3c2)-c2cccc3c5c(cc-4c23)C2(c3ccccc3-c3ccccc32)c2ccccc2-5)cc1. The van der Waals surface area contributed by atoms with Crippen molar-refractivity contribution >= 4 is 21.5 Å². The Morgan fingerprint density at radius 2 is 0.863 bits per heavy atom. The molecule has 0 fully saturated rings. The van der Waals surface area contributed by atoms with Gasteiger partial charge in [-0.05, 0) is 129 Å². The van der Waals surface area contributed by atoms with Crippen molar-refractivity contribution in [2.75, 3.05) is 0 Å². The third-order valence-electron chi connectivity index (χ3n) is 12.0. The Labute approximate surface area is 296 Å². The van der Waals surface area contributed by atoms with E-state index in [0.717, 1.165) is 0 Å². The smallest absolute Gasteiger partial charge is 0.0622 e. The lowest BCUT2D eigenvalue weighted by Crippen LogP contribution is -2.25. The highest BCUT2D eigenvalue weighted by atomic mass is 14.5. The van der Waals surface area contributed by atoms with E-state index >= 15 is 0 Å². The van der Waals surface area contributed by atoms with Crippen LogP contribution in [-0.2, 0) is 5.41 Å². The van der Waals surface area contributed by atoms with Crippen LogP contribution in [0, 0.1) is 0 Å². The Kier molecular flexibility index (Phi) is 5.26. The van der Waals surface area contributed by atoms with Gasteiger partial charge in [-0.1, -0.05) is 164 Å². The van der Waals surface area contributed by atoms with Crippen molar-refractivity contribution in [3.05, 3.63) is 204 Å². The van der Waals surface area contributed by atoms with Crippen LogP contribution < -0.4 is 0 Å². The van der Waals surface area contributed by atoms with Crippen LogP contribution >= 0.6 is 0 Å². The van der Waals surface area contributed by atoms with Crippen LogP contribution in [0.5, 0.6) is 0 Å². The van der Waals surface area contributed by atoms with Crippen LogP contribution in [0.3, 0.4) is 0 Å². The first-order chi connectivity index (χ1) is 25.3. The molecule has 51 heavy (non-hydrogen) atoms. The Bertz CT molecular complexity index is 2900. The Balaban J connectivity index is 1.23. The van der Waals surface area contributed by atoms with Crippen LogP contribution in [0.15, 0.2) is 182 Å². The summed E-state index contributed by atoms with van der Waals surface area (Å²) in [6, 6.07) is 68.3. The average Bonchev–Trinajstić information content (AvgIpc) is 3.80. The Hall–Kier alpha value is -6.50. The quantitative estimate of drug-likeness (QED) is 0.176. The fourth-order valence-electron chi connectivity index (χ4n) is 10.1. The first-order valence-corrected chi connectivity index (χ1v) is 17.9. The molecule has 3 aliphatic carbocycles. The van der Waals surface area contributed by atoms with Crippen molar-refractivity contribution in [3.63, 3.8) is 0 Å². The second-order valence-corrected chi connectivity index (χ2v) is 14.3. The molecule has 0 heteroatoms. The number of hydrogen-bond donors (Lipinski definition) is 0. The van der Waals surface area contributed by atoms with E-state index in [0.29, 0.717) is 0 Å². The lowest BCUT2D eigenvalue weighted by molar-refractivity contribution is 0.795. The van der Waals surface area contributed by atoms with Crippen LogP contribution in [0.2, 0.25) is 0 Å². The molecule has 1 spiro atoms. The summed E-state index contributed by atoms with van der Waals surface area (Å²) in [4.78, 5) is 0. The first-order valence-electron chi connectivity index (χ1n) is 17.9. The van der Waals surface area contributed by atoms with Gasteiger partial charge in [-0.25, -0.2) is 0 Å². The molecular formula is C51H30. The second kappa shape index (κ2) is 9.81. The third kappa shape index (κ3) is 3.35. The standard InChI is InChI=1S/C51H30/c1-3-14-31(15-4-1)33-26-27-34-29-41-42-30-46-49(38-21-13-22-39(48(38)42)50(41)47(40(34)28-33)32-16-5-2-6-17-32)37-20-9-12-25-45(37)51(46)43-23-10-7-18-35(43)36-19-8-11-24-44(36)51/h1-30H. The van der Waals surface area contributed by atoms with Crippen molar-refractivity contribution in [1.82, 2.24) is 0 Å². The molecule has 0 radical (unpaired) electrons. The average molecular weight is 643 g/mol. The highest BCUT2D eigenvalue weighted by molar-refractivity contribution is 6.26. The van der Waals surface area contributed by atoms with Crippen molar-refractivity contribution in [1.29, 1.82) is 0 Å². The largest absolute Gasteiger partial charge is 0.0725 e. The number of fused-ring (bicyclic) bond motifs is 15. The summed E-state index contributed by atoms with van der Waals surface area (Å²) in [5.41, 5.74) is 21.0. The maximum absolute atomic E-state index is 2.59. The molecule has 0 amide bonds. The summed E-state index contributed by atoms with van der Waals surface area (Å²) < 4.78 is 0. The van der Waals surface area contributed by atoms with E-state index in [1.165, 1.54) is 111 Å². The minimum Gasteiger partial charge on any atom is -0.0622 e. The van der Waals surface area contributed by atoms with Gasteiger partial charge in [0.05, 0.1) is 5.41 Å². The second-order valence-electron chi connectivity index (χ2n) is 14.3. The molecule has 9 aromatic carbocycles. The van der Waals surface area contributed by atoms with Crippen molar-refractivity contribution in [3.8, 4) is 66.8 Å². The highest BCUT2D eigenvalue weighted by Gasteiger charge is 2.52. The lowest BCUT2D eigenvalue weighted by atomic mass is 9.70. The van der Waals surface area contributed by atoms with Gasteiger partial charge in [0.15, 0.2) is 0 Å². The normalized spacial score (nSPS) is 13.6. The first kappa shape index (κ1) is 27.3. The molecule has 9 aromatic rings. The molecular weight excluding hydrogens is 613 g/mol.